The average molecular weight is 400 g/mol. The van der Waals surface area contributed by atoms with Crippen LogP contribution in [0.15, 0.2) is 36.4 Å². The number of carbonyl (C=O) groups is 2. The van der Waals surface area contributed by atoms with Gasteiger partial charge in [0.1, 0.15) is 11.4 Å². The lowest BCUT2D eigenvalue weighted by Crippen LogP contribution is -2.44. The summed E-state index contributed by atoms with van der Waals surface area (Å²) in [5.74, 6) is -2.23. The molecule has 10 nitrogen and oxygen atoms in total. The van der Waals surface area contributed by atoms with Crippen LogP contribution in [0.4, 0.5) is 17.1 Å². The Morgan fingerprint density at radius 2 is 1.72 bits per heavy atom. The van der Waals surface area contributed by atoms with Crippen molar-refractivity contribution < 1.29 is 24.7 Å². The van der Waals surface area contributed by atoms with Gasteiger partial charge in [0.25, 0.3) is 11.6 Å². The van der Waals surface area contributed by atoms with Crippen molar-refractivity contribution in [2.24, 2.45) is 0 Å². The zero-order valence-electron chi connectivity index (χ0n) is 15.7. The van der Waals surface area contributed by atoms with Gasteiger partial charge in [0, 0.05) is 37.8 Å². The number of nitro groups is 1. The highest BCUT2D eigenvalue weighted by molar-refractivity contribution is 6.06. The van der Waals surface area contributed by atoms with Crippen LogP contribution in [0.3, 0.4) is 0 Å². The third-order valence-corrected chi connectivity index (χ3v) is 4.77. The molecule has 29 heavy (non-hydrogen) atoms. The van der Waals surface area contributed by atoms with E-state index in [0.717, 1.165) is 25.2 Å². The van der Waals surface area contributed by atoms with Crippen LogP contribution in [-0.4, -0.2) is 65.1 Å². The molecule has 2 aromatic rings. The molecule has 152 valence electrons. The number of rotatable bonds is 5. The Hall–Kier alpha value is -3.66. The second-order valence-electron chi connectivity index (χ2n) is 6.74. The maximum atomic E-state index is 12.5. The maximum absolute atomic E-state index is 12.5. The first-order valence-electron chi connectivity index (χ1n) is 8.86. The minimum absolute atomic E-state index is 0.0229. The summed E-state index contributed by atoms with van der Waals surface area (Å²) < 4.78 is 0. The molecule has 0 saturated carbocycles. The molecule has 1 fully saturated rings. The van der Waals surface area contributed by atoms with E-state index in [1.165, 1.54) is 24.3 Å². The van der Waals surface area contributed by atoms with E-state index in [1.807, 2.05) is 11.9 Å². The third-order valence-electron chi connectivity index (χ3n) is 4.77. The molecule has 3 N–H and O–H groups in total. The lowest BCUT2D eigenvalue weighted by atomic mass is 10.1. The smallest absolute Gasteiger partial charge is 0.335 e. The molecule has 1 aliphatic rings. The van der Waals surface area contributed by atoms with Crippen molar-refractivity contribution in [2.75, 3.05) is 43.4 Å². The second-order valence-corrected chi connectivity index (χ2v) is 6.74. The molecule has 1 heterocycles. The maximum Gasteiger partial charge on any atom is 0.335 e. The number of aromatic hydroxyl groups is 1. The number of carboxylic acids is 1. The van der Waals surface area contributed by atoms with Crippen molar-refractivity contribution in [3.8, 4) is 5.75 Å². The number of hydrogen-bond acceptors (Lipinski definition) is 7. The molecule has 0 unspecified atom stereocenters. The predicted octanol–water partition coefficient (Wildman–Crippen LogP) is 2.00. The lowest BCUT2D eigenvalue weighted by Gasteiger charge is -2.33. The highest BCUT2D eigenvalue weighted by Gasteiger charge is 2.24. The number of nitro benzene ring substituents is 1. The largest absolute Gasteiger partial charge is 0.506 e. The fraction of sp³-hybridized carbons (Fsp3) is 0.263. The molecule has 0 atom stereocenters. The molecule has 10 heteroatoms. The number of nitrogens with one attached hydrogen (secondary N) is 1. The fourth-order valence-electron chi connectivity index (χ4n) is 3.09. The van der Waals surface area contributed by atoms with E-state index < -0.39 is 16.8 Å². The average Bonchev–Trinajstić information content (AvgIpc) is 2.69. The number of amides is 1. The third kappa shape index (κ3) is 4.43. The molecule has 0 spiro atoms. The van der Waals surface area contributed by atoms with E-state index in [4.69, 9.17) is 5.11 Å². The van der Waals surface area contributed by atoms with Gasteiger partial charge < -0.3 is 25.3 Å². The quantitative estimate of drug-likeness (QED) is 0.394. The molecule has 1 amide bonds. The van der Waals surface area contributed by atoms with Crippen LogP contribution in [0.2, 0.25) is 0 Å². The minimum atomic E-state index is -1.22. The van der Waals surface area contributed by atoms with Gasteiger partial charge >= 0.3 is 5.97 Å². The Balaban J connectivity index is 1.86. The number of phenolic OH excluding ortho intramolecular Hbond substituents is 1. The van der Waals surface area contributed by atoms with Gasteiger partial charge in [-0.3, -0.25) is 14.9 Å². The number of anilines is 2. The van der Waals surface area contributed by atoms with E-state index in [-0.39, 0.29) is 28.3 Å². The minimum Gasteiger partial charge on any atom is -0.506 e. The van der Waals surface area contributed by atoms with E-state index in [9.17, 15) is 24.8 Å². The topological polar surface area (TPSA) is 136 Å². The van der Waals surface area contributed by atoms with Crippen molar-refractivity contribution in [3.05, 3.63) is 57.6 Å². The van der Waals surface area contributed by atoms with Gasteiger partial charge in [-0.15, -0.1) is 0 Å². The van der Waals surface area contributed by atoms with E-state index >= 15 is 0 Å². The Bertz CT molecular complexity index is 969. The van der Waals surface area contributed by atoms with Gasteiger partial charge in [0.2, 0.25) is 0 Å². The fourth-order valence-corrected chi connectivity index (χ4v) is 3.09. The molecule has 1 aliphatic heterocycles. The number of aromatic carboxylic acids is 1. The zero-order valence-corrected chi connectivity index (χ0v) is 15.7. The highest BCUT2D eigenvalue weighted by atomic mass is 16.6. The Morgan fingerprint density at radius 1 is 1.07 bits per heavy atom. The molecule has 0 aromatic heterocycles. The van der Waals surface area contributed by atoms with Crippen LogP contribution in [0.5, 0.6) is 5.75 Å². The van der Waals surface area contributed by atoms with Crippen LogP contribution in [0, 0.1) is 10.1 Å². The summed E-state index contributed by atoms with van der Waals surface area (Å²) >= 11 is 0. The van der Waals surface area contributed by atoms with Gasteiger partial charge in [-0.25, -0.2) is 4.79 Å². The van der Waals surface area contributed by atoms with Crippen LogP contribution in [0.1, 0.15) is 20.7 Å². The Kier molecular flexibility index (Phi) is 5.64. The number of hydrogen-bond donors (Lipinski definition) is 3. The van der Waals surface area contributed by atoms with Crippen molar-refractivity contribution in [2.45, 2.75) is 0 Å². The highest BCUT2D eigenvalue weighted by Crippen LogP contribution is 2.31. The Morgan fingerprint density at radius 3 is 2.34 bits per heavy atom. The Labute approximate surface area is 166 Å². The second kappa shape index (κ2) is 8.15. The van der Waals surface area contributed by atoms with Gasteiger partial charge in [-0.05, 0) is 37.4 Å². The molecule has 2 aromatic carbocycles. The first-order chi connectivity index (χ1) is 13.8. The number of piperazine rings is 1. The number of carbonyl (C=O) groups excluding carboxylic acids is 1. The predicted molar refractivity (Wildman–Crippen MR) is 106 cm³/mol. The summed E-state index contributed by atoms with van der Waals surface area (Å²) in [6, 6.07) is 7.64. The van der Waals surface area contributed by atoms with Crippen molar-refractivity contribution >= 4 is 28.9 Å². The molecule has 0 aliphatic carbocycles. The molecule has 0 bridgehead atoms. The van der Waals surface area contributed by atoms with E-state index in [1.54, 1.807) is 0 Å². The van der Waals surface area contributed by atoms with Crippen LogP contribution in [-0.2, 0) is 0 Å². The SMILES string of the molecule is CN1CCN(c2ccc(C(=O)Nc3cc(C(=O)O)ccc3O)cc2[N+](=O)[O-])CC1. The number of carboxylic acid groups (broad SMARTS) is 1. The van der Waals surface area contributed by atoms with Crippen LogP contribution in [0.25, 0.3) is 0 Å². The van der Waals surface area contributed by atoms with Crippen LogP contribution >= 0.6 is 0 Å². The number of benzene rings is 2. The van der Waals surface area contributed by atoms with Crippen molar-refractivity contribution in [1.82, 2.24) is 4.90 Å². The summed E-state index contributed by atoms with van der Waals surface area (Å²) in [7, 11) is 1.98. The summed E-state index contributed by atoms with van der Waals surface area (Å²) in [6.45, 7) is 2.83. The lowest BCUT2D eigenvalue weighted by molar-refractivity contribution is -0.384. The molecular formula is C19H20N4O6. The van der Waals surface area contributed by atoms with Crippen LogP contribution < -0.4 is 10.2 Å². The first kappa shape index (κ1) is 20.1. The zero-order chi connectivity index (χ0) is 21.1. The van der Waals surface area contributed by atoms with Gasteiger partial charge in [0.05, 0.1) is 16.2 Å². The molecule has 1 saturated heterocycles. The summed E-state index contributed by atoms with van der Waals surface area (Å²) in [5, 5.41) is 32.9. The molecule has 3 rings (SSSR count). The van der Waals surface area contributed by atoms with Crippen molar-refractivity contribution in [1.29, 1.82) is 0 Å². The molecule has 0 radical (unpaired) electrons. The van der Waals surface area contributed by atoms with Gasteiger partial charge in [-0.1, -0.05) is 0 Å². The van der Waals surface area contributed by atoms with Gasteiger partial charge in [0.15, 0.2) is 0 Å². The van der Waals surface area contributed by atoms with Gasteiger partial charge in [-0.2, -0.15) is 0 Å². The monoisotopic (exact) mass is 400 g/mol. The summed E-state index contributed by atoms with van der Waals surface area (Å²) in [5.41, 5.74) is 0.0611. The standard InChI is InChI=1S/C19H20N4O6/c1-21-6-8-22(9-7-21)15-4-2-12(11-16(15)23(28)29)18(25)20-14-10-13(19(26)27)3-5-17(14)24/h2-5,10-11,24H,6-9H2,1H3,(H,20,25)(H,26,27). The van der Waals surface area contributed by atoms with E-state index in [0.29, 0.717) is 18.8 Å². The number of nitrogens with zero attached hydrogens (tertiary/aromatic N) is 3. The normalized spacial score (nSPS) is 14.4. The van der Waals surface area contributed by atoms with E-state index in [2.05, 4.69) is 10.2 Å². The summed E-state index contributed by atoms with van der Waals surface area (Å²) in [6.07, 6.45) is 0. The number of likely N-dealkylation sites (N-methyl/N-ethyl adjacent to an activating group) is 1. The first-order valence-corrected chi connectivity index (χ1v) is 8.86. The number of phenols is 1. The van der Waals surface area contributed by atoms with Crippen molar-refractivity contribution in [3.63, 3.8) is 0 Å². The molecular weight excluding hydrogens is 380 g/mol. The summed E-state index contributed by atoms with van der Waals surface area (Å²) in [4.78, 5) is 38.7.